The Balaban J connectivity index is 2.18. The monoisotopic (exact) mass is 322 g/mol. The van der Waals surface area contributed by atoms with Gasteiger partial charge in [-0.3, -0.25) is 0 Å². The van der Waals surface area contributed by atoms with Crippen molar-refractivity contribution in [1.29, 1.82) is 0 Å². The number of esters is 1. The van der Waals surface area contributed by atoms with E-state index in [-0.39, 0.29) is 35.4 Å². The molecule has 2 aromatic rings. The van der Waals surface area contributed by atoms with Crippen LogP contribution in [-0.4, -0.2) is 28.5 Å². The Morgan fingerprint density at radius 2 is 2.26 bits per heavy atom. The van der Waals surface area contributed by atoms with Crippen LogP contribution in [0.4, 0.5) is 8.78 Å². The summed E-state index contributed by atoms with van der Waals surface area (Å²) < 4.78 is 39.5. The van der Waals surface area contributed by atoms with Gasteiger partial charge in [-0.15, -0.1) is 0 Å². The first-order valence-electron chi connectivity index (χ1n) is 7.41. The third-order valence-corrected chi connectivity index (χ3v) is 3.63. The predicted molar refractivity (Wildman–Crippen MR) is 78.2 cm³/mol. The number of nitrogens with zero attached hydrogens (tertiary/aromatic N) is 2. The molecule has 1 aliphatic rings. The minimum absolute atomic E-state index is 0.0348. The van der Waals surface area contributed by atoms with Crippen molar-refractivity contribution in [2.45, 2.75) is 32.9 Å². The minimum atomic E-state index is -0.793. The summed E-state index contributed by atoms with van der Waals surface area (Å²) in [6, 6.07) is 3.13. The quantitative estimate of drug-likeness (QED) is 0.815. The molecule has 7 heteroatoms. The van der Waals surface area contributed by atoms with Gasteiger partial charge in [-0.05, 0) is 26.0 Å². The molecular weight excluding hydrogens is 306 g/mol. The Morgan fingerprint density at radius 1 is 1.48 bits per heavy atom. The van der Waals surface area contributed by atoms with Gasteiger partial charge in [0, 0.05) is 24.6 Å². The molecule has 0 aliphatic carbocycles. The number of aromatic nitrogens is 2. The lowest BCUT2D eigenvalue weighted by Gasteiger charge is -2.21. The summed E-state index contributed by atoms with van der Waals surface area (Å²) in [6.45, 7) is 4.27. The largest absolute Gasteiger partial charge is 0.474 e. The first-order valence-corrected chi connectivity index (χ1v) is 7.41. The third kappa shape index (κ3) is 2.78. The fourth-order valence-electron chi connectivity index (χ4n) is 2.53. The van der Waals surface area contributed by atoms with Crippen LogP contribution in [0, 0.1) is 11.6 Å². The van der Waals surface area contributed by atoms with Crippen molar-refractivity contribution >= 4 is 5.97 Å². The van der Waals surface area contributed by atoms with E-state index in [0.29, 0.717) is 6.54 Å². The van der Waals surface area contributed by atoms with Gasteiger partial charge in [0.2, 0.25) is 5.88 Å². The summed E-state index contributed by atoms with van der Waals surface area (Å²) in [6.07, 6.45) is 0.640. The van der Waals surface area contributed by atoms with E-state index in [1.54, 1.807) is 6.92 Å². The van der Waals surface area contributed by atoms with Crippen molar-refractivity contribution in [1.82, 2.24) is 9.78 Å². The standard InChI is InChI=1S/C16H16F2N2O3/c1-3-22-16(21)13-14(11-5-4-10(17)8-12(11)18)19-20-7-6-9(2)23-15(13)20/h4-5,8-9H,3,6-7H2,1-2H3/t9-/m1/s1. The molecule has 1 atom stereocenters. The molecule has 0 saturated carbocycles. The lowest BCUT2D eigenvalue weighted by atomic mass is 10.1. The second kappa shape index (κ2) is 5.98. The molecule has 0 bridgehead atoms. The van der Waals surface area contributed by atoms with Crippen LogP contribution in [0.5, 0.6) is 5.88 Å². The Bertz CT molecular complexity index is 758. The van der Waals surface area contributed by atoms with E-state index in [4.69, 9.17) is 9.47 Å². The van der Waals surface area contributed by atoms with Crippen molar-refractivity contribution in [2.24, 2.45) is 0 Å². The molecule has 3 rings (SSSR count). The second-order valence-electron chi connectivity index (χ2n) is 5.31. The highest BCUT2D eigenvalue weighted by molar-refractivity contribution is 5.99. The number of hydrogen-bond donors (Lipinski definition) is 0. The number of fused-ring (bicyclic) bond motifs is 1. The molecule has 2 heterocycles. The van der Waals surface area contributed by atoms with E-state index < -0.39 is 17.6 Å². The third-order valence-electron chi connectivity index (χ3n) is 3.63. The maximum Gasteiger partial charge on any atom is 0.345 e. The van der Waals surface area contributed by atoms with Crippen LogP contribution in [0.3, 0.4) is 0 Å². The summed E-state index contributed by atoms with van der Waals surface area (Å²) >= 11 is 0. The molecule has 0 saturated heterocycles. The van der Waals surface area contributed by atoms with Gasteiger partial charge in [-0.1, -0.05) is 0 Å². The van der Waals surface area contributed by atoms with Crippen LogP contribution in [0.1, 0.15) is 30.6 Å². The molecule has 1 aromatic heterocycles. The summed E-state index contributed by atoms with van der Waals surface area (Å²) in [5.41, 5.74) is 0.210. The second-order valence-corrected chi connectivity index (χ2v) is 5.31. The van der Waals surface area contributed by atoms with Crippen LogP contribution in [-0.2, 0) is 11.3 Å². The van der Waals surface area contributed by atoms with Gasteiger partial charge in [-0.2, -0.15) is 5.10 Å². The Morgan fingerprint density at radius 3 is 2.96 bits per heavy atom. The fourth-order valence-corrected chi connectivity index (χ4v) is 2.53. The van der Waals surface area contributed by atoms with Crippen LogP contribution in [0.2, 0.25) is 0 Å². The van der Waals surface area contributed by atoms with Gasteiger partial charge in [-0.25, -0.2) is 18.3 Å². The molecule has 0 N–H and O–H groups in total. The van der Waals surface area contributed by atoms with Crippen LogP contribution in [0.15, 0.2) is 18.2 Å². The normalized spacial score (nSPS) is 16.6. The van der Waals surface area contributed by atoms with E-state index in [2.05, 4.69) is 5.10 Å². The predicted octanol–water partition coefficient (Wildman–Crippen LogP) is 3.18. The van der Waals surface area contributed by atoms with Gasteiger partial charge in [0.25, 0.3) is 0 Å². The topological polar surface area (TPSA) is 53.3 Å². The number of carbonyl (C=O) groups excluding carboxylic acids is 1. The molecule has 23 heavy (non-hydrogen) atoms. The Hall–Kier alpha value is -2.44. The fraction of sp³-hybridized carbons (Fsp3) is 0.375. The molecule has 0 unspecified atom stereocenters. The molecule has 122 valence electrons. The smallest absolute Gasteiger partial charge is 0.345 e. The lowest BCUT2D eigenvalue weighted by Crippen LogP contribution is -2.24. The maximum atomic E-state index is 14.1. The molecular formula is C16H16F2N2O3. The van der Waals surface area contributed by atoms with Gasteiger partial charge in [0.15, 0.2) is 0 Å². The van der Waals surface area contributed by atoms with E-state index in [9.17, 15) is 13.6 Å². The summed E-state index contributed by atoms with van der Waals surface area (Å²) in [7, 11) is 0. The van der Waals surface area contributed by atoms with Crippen molar-refractivity contribution in [3.63, 3.8) is 0 Å². The first kappa shape index (κ1) is 15.5. The number of ether oxygens (including phenoxy) is 2. The van der Waals surface area contributed by atoms with Gasteiger partial charge < -0.3 is 9.47 Å². The van der Waals surface area contributed by atoms with E-state index in [0.717, 1.165) is 18.6 Å². The molecule has 0 amide bonds. The van der Waals surface area contributed by atoms with Gasteiger partial charge in [0.1, 0.15) is 22.9 Å². The summed E-state index contributed by atoms with van der Waals surface area (Å²) in [4.78, 5) is 12.3. The number of carbonyl (C=O) groups is 1. The maximum absolute atomic E-state index is 14.1. The number of aryl methyl sites for hydroxylation is 1. The molecule has 5 nitrogen and oxygen atoms in total. The molecule has 1 aliphatic heterocycles. The SMILES string of the molecule is CCOC(=O)c1c(-c2ccc(F)cc2F)nn2c1O[C@H](C)CC2. The first-order chi connectivity index (χ1) is 11.0. The number of halogens is 2. The zero-order valence-corrected chi connectivity index (χ0v) is 12.8. The summed E-state index contributed by atoms with van der Waals surface area (Å²) in [5.74, 6) is -1.86. The number of hydrogen-bond acceptors (Lipinski definition) is 4. The highest BCUT2D eigenvalue weighted by Crippen LogP contribution is 2.35. The van der Waals surface area contributed by atoms with Crippen LogP contribution in [0.25, 0.3) is 11.3 Å². The zero-order chi connectivity index (χ0) is 16.6. The summed E-state index contributed by atoms with van der Waals surface area (Å²) in [5, 5.41) is 4.28. The van der Waals surface area contributed by atoms with E-state index >= 15 is 0 Å². The van der Waals surface area contributed by atoms with Crippen LogP contribution >= 0.6 is 0 Å². The zero-order valence-electron chi connectivity index (χ0n) is 12.8. The molecule has 0 fully saturated rings. The van der Waals surface area contributed by atoms with E-state index in [1.165, 1.54) is 10.7 Å². The van der Waals surface area contributed by atoms with Crippen molar-refractivity contribution < 1.29 is 23.0 Å². The van der Waals surface area contributed by atoms with Gasteiger partial charge in [0.05, 0.1) is 12.7 Å². The molecule has 0 radical (unpaired) electrons. The highest BCUT2D eigenvalue weighted by atomic mass is 19.1. The van der Waals surface area contributed by atoms with E-state index in [1.807, 2.05) is 6.92 Å². The molecule has 1 aromatic carbocycles. The Labute approximate surface area is 131 Å². The molecule has 0 spiro atoms. The number of rotatable bonds is 3. The van der Waals surface area contributed by atoms with Gasteiger partial charge >= 0.3 is 5.97 Å². The highest BCUT2D eigenvalue weighted by Gasteiger charge is 2.31. The van der Waals surface area contributed by atoms with Crippen molar-refractivity contribution in [3.05, 3.63) is 35.4 Å². The van der Waals surface area contributed by atoms with Crippen molar-refractivity contribution in [3.8, 4) is 17.1 Å². The number of benzene rings is 1. The lowest BCUT2D eigenvalue weighted by molar-refractivity contribution is 0.0515. The Kier molecular flexibility index (Phi) is 4.02. The van der Waals surface area contributed by atoms with Crippen molar-refractivity contribution in [2.75, 3.05) is 6.61 Å². The average molecular weight is 322 g/mol. The average Bonchev–Trinajstić information content (AvgIpc) is 2.85. The van der Waals surface area contributed by atoms with Crippen LogP contribution < -0.4 is 4.74 Å². The minimum Gasteiger partial charge on any atom is -0.474 e.